The number of anilines is 2. The van der Waals surface area contributed by atoms with E-state index in [1.807, 2.05) is 60.7 Å². The van der Waals surface area contributed by atoms with Crippen molar-refractivity contribution in [1.82, 2.24) is 9.97 Å². The van der Waals surface area contributed by atoms with Gasteiger partial charge in [0.25, 0.3) is 10.0 Å². The second kappa shape index (κ2) is 9.62. The van der Waals surface area contributed by atoms with Crippen molar-refractivity contribution in [2.24, 2.45) is 0 Å². The van der Waals surface area contributed by atoms with Crippen molar-refractivity contribution >= 4 is 27.6 Å². The third-order valence-electron chi connectivity index (χ3n) is 4.98. The summed E-state index contributed by atoms with van der Waals surface area (Å²) in [6.07, 6.45) is 1.48. The van der Waals surface area contributed by atoms with Crippen LogP contribution in [0, 0.1) is 6.92 Å². The maximum absolute atomic E-state index is 13.2. The minimum atomic E-state index is -3.87. The number of sulfonamides is 1. The number of carbonyl (C=O) groups is 1. The van der Waals surface area contributed by atoms with Crippen LogP contribution < -0.4 is 10.0 Å². The summed E-state index contributed by atoms with van der Waals surface area (Å²) in [5, 5.41) is 2.90. The molecule has 1 amide bonds. The first-order chi connectivity index (χ1) is 15.9. The SMILES string of the molecule is Cc1ccnc(NS(=O)(=O)c2ccc(NC(=O)C(c3ccccc3)c3ccccc3)cc2)n1. The van der Waals surface area contributed by atoms with Gasteiger partial charge in [0.05, 0.1) is 10.8 Å². The minimum absolute atomic E-state index is 0.000873. The third-order valence-corrected chi connectivity index (χ3v) is 6.32. The van der Waals surface area contributed by atoms with Gasteiger partial charge in [0.15, 0.2) is 0 Å². The summed E-state index contributed by atoms with van der Waals surface area (Å²) in [7, 11) is -3.87. The minimum Gasteiger partial charge on any atom is -0.325 e. The van der Waals surface area contributed by atoms with E-state index in [1.165, 1.54) is 18.3 Å². The number of nitrogens with zero attached hydrogens (tertiary/aromatic N) is 2. The van der Waals surface area contributed by atoms with Crippen LogP contribution in [0.3, 0.4) is 0 Å². The molecular weight excluding hydrogens is 436 g/mol. The Morgan fingerprint density at radius 1 is 0.818 bits per heavy atom. The van der Waals surface area contributed by atoms with Gasteiger partial charge in [-0.25, -0.2) is 23.1 Å². The van der Waals surface area contributed by atoms with Gasteiger partial charge in [0, 0.05) is 17.6 Å². The van der Waals surface area contributed by atoms with Crippen LogP contribution in [0.4, 0.5) is 11.6 Å². The first kappa shape index (κ1) is 22.2. The Morgan fingerprint density at radius 3 is 1.94 bits per heavy atom. The molecule has 7 nitrogen and oxygen atoms in total. The van der Waals surface area contributed by atoms with E-state index in [4.69, 9.17) is 0 Å². The van der Waals surface area contributed by atoms with E-state index in [9.17, 15) is 13.2 Å². The molecule has 4 rings (SSSR count). The molecule has 0 aliphatic heterocycles. The number of aromatic nitrogens is 2. The molecule has 33 heavy (non-hydrogen) atoms. The summed E-state index contributed by atoms with van der Waals surface area (Å²) in [5.41, 5.74) is 2.86. The molecule has 0 aliphatic carbocycles. The van der Waals surface area contributed by atoms with Crippen LogP contribution in [-0.4, -0.2) is 24.3 Å². The average molecular weight is 459 g/mol. The normalized spacial score (nSPS) is 11.2. The number of carbonyl (C=O) groups excluding carboxylic acids is 1. The lowest BCUT2D eigenvalue weighted by molar-refractivity contribution is -0.116. The van der Waals surface area contributed by atoms with E-state index in [0.29, 0.717) is 11.4 Å². The lowest BCUT2D eigenvalue weighted by atomic mass is 9.90. The number of hydrogen-bond donors (Lipinski definition) is 2. The predicted octanol–water partition coefficient (Wildman–Crippen LogP) is 4.36. The predicted molar refractivity (Wildman–Crippen MR) is 127 cm³/mol. The summed E-state index contributed by atoms with van der Waals surface area (Å²) in [6, 6.07) is 26.6. The first-order valence-corrected chi connectivity index (χ1v) is 11.7. The molecule has 2 N–H and O–H groups in total. The van der Waals surface area contributed by atoms with Gasteiger partial charge in [-0.1, -0.05) is 60.7 Å². The number of aryl methyl sites for hydroxylation is 1. The highest BCUT2D eigenvalue weighted by molar-refractivity contribution is 7.92. The zero-order valence-corrected chi connectivity index (χ0v) is 18.7. The number of amides is 1. The smallest absolute Gasteiger partial charge is 0.264 e. The van der Waals surface area contributed by atoms with Crippen molar-refractivity contribution in [1.29, 1.82) is 0 Å². The van der Waals surface area contributed by atoms with Gasteiger partial charge in [-0.05, 0) is 48.4 Å². The summed E-state index contributed by atoms with van der Waals surface area (Å²) in [5.74, 6) is -0.716. The second-order valence-electron chi connectivity index (χ2n) is 7.40. The molecule has 3 aromatic carbocycles. The van der Waals surface area contributed by atoms with E-state index in [2.05, 4.69) is 20.0 Å². The van der Waals surface area contributed by atoms with Crippen molar-refractivity contribution in [2.75, 3.05) is 10.0 Å². The zero-order chi connectivity index (χ0) is 23.3. The fourth-order valence-corrected chi connectivity index (χ4v) is 4.35. The molecule has 0 saturated carbocycles. The Labute approximate surface area is 192 Å². The van der Waals surface area contributed by atoms with Gasteiger partial charge >= 0.3 is 0 Å². The Kier molecular flexibility index (Phi) is 6.46. The van der Waals surface area contributed by atoms with Gasteiger partial charge in [-0.2, -0.15) is 0 Å². The Morgan fingerprint density at radius 2 is 1.39 bits per heavy atom. The van der Waals surface area contributed by atoms with E-state index < -0.39 is 15.9 Å². The summed E-state index contributed by atoms with van der Waals surface area (Å²) in [4.78, 5) is 21.2. The molecule has 166 valence electrons. The summed E-state index contributed by atoms with van der Waals surface area (Å²) in [6.45, 7) is 1.75. The molecule has 1 aromatic heterocycles. The fourth-order valence-electron chi connectivity index (χ4n) is 3.40. The van der Waals surface area contributed by atoms with E-state index in [-0.39, 0.29) is 16.8 Å². The van der Waals surface area contributed by atoms with Crippen LogP contribution in [0.2, 0.25) is 0 Å². The fraction of sp³-hybridized carbons (Fsp3) is 0.0800. The van der Waals surface area contributed by atoms with Gasteiger partial charge in [-0.15, -0.1) is 0 Å². The zero-order valence-electron chi connectivity index (χ0n) is 17.8. The molecule has 0 fully saturated rings. The Bertz CT molecular complexity index is 1300. The molecule has 4 aromatic rings. The summed E-state index contributed by atoms with van der Waals surface area (Å²) < 4.78 is 27.7. The Balaban J connectivity index is 1.53. The van der Waals surface area contributed by atoms with Crippen LogP contribution in [0.15, 0.2) is 102 Å². The van der Waals surface area contributed by atoms with E-state index in [1.54, 1.807) is 25.1 Å². The first-order valence-electron chi connectivity index (χ1n) is 10.3. The number of nitrogens with one attached hydrogen (secondary N) is 2. The van der Waals surface area contributed by atoms with Crippen molar-refractivity contribution in [3.8, 4) is 0 Å². The second-order valence-corrected chi connectivity index (χ2v) is 9.08. The molecule has 8 heteroatoms. The lowest BCUT2D eigenvalue weighted by Crippen LogP contribution is -2.22. The highest BCUT2D eigenvalue weighted by Gasteiger charge is 2.23. The molecular formula is C25H22N4O3S. The largest absolute Gasteiger partial charge is 0.325 e. The molecule has 1 heterocycles. The van der Waals surface area contributed by atoms with Gasteiger partial charge in [0.2, 0.25) is 11.9 Å². The van der Waals surface area contributed by atoms with Gasteiger partial charge in [-0.3, -0.25) is 4.79 Å². The molecule has 0 spiro atoms. The van der Waals surface area contributed by atoms with Crippen molar-refractivity contribution < 1.29 is 13.2 Å². The van der Waals surface area contributed by atoms with Crippen molar-refractivity contribution in [3.63, 3.8) is 0 Å². The van der Waals surface area contributed by atoms with Gasteiger partial charge in [0.1, 0.15) is 0 Å². The number of rotatable bonds is 7. The maximum Gasteiger partial charge on any atom is 0.264 e. The average Bonchev–Trinajstić information content (AvgIpc) is 2.81. The maximum atomic E-state index is 13.2. The van der Waals surface area contributed by atoms with Crippen LogP contribution in [-0.2, 0) is 14.8 Å². The van der Waals surface area contributed by atoms with Crippen LogP contribution in [0.1, 0.15) is 22.7 Å². The molecule has 0 aliphatic rings. The van der Waals surface area contributed by atoms with Crippen LogP contribution >= 0.6 is 0 Å². The number of hydrogen-bond acceptors (Lipinski definition) is 5. The molecule has 0 atom stereocenters. The van der Waals surface area contributed by atoms with E-state index >= 15 is 0 Å². The molecule has 0 saturated heterocycles. The lowest BCUT2D eigenvalue weighted by Gasteiger charge is -2.18. The quantitative estimate of drug-likeness (QED) is 0.429. The molecule has 0 radical (unpaired) electrons. The van der Waals surface area contributed by atoms with Crippen LogP contribution in [0.25, 0.3) is 0 Å². The molecule has 0 bridgehead atoms. The molecule has 0 unspecified atom stereocenters. The third kappa shape index (κ3) is 5.42. The monoisotopic (exact) mass is 458 g/mol. The van der Waals surface area contributed by atoms with Gasteiger partial charge < -0.3 is 5.32 Å². The van der Waals surface area contributed by atoms with Crippen molar-refractivity contribution in [3.05, 3.63) is 114 Å². The van der Waals surface area contributed by atoms with Crippen LogP contribution in [0.5, 0.6) is 0 Å². The summed E-state index contributed by atoms with van der Waals surface area (Å²) >= 11 is 0. The highest BCUT2D eigenvalue weighted by Crippen LogP contribution is 2.26. The Hall–Kier alpha value is -4.04. The van der Waals surface area contributed by atoms with Crippen molar-refractivity contribution in [2.45, 2.75) is 17.7 Å². The number of benzene rings is 3. The highest BCUT2D eigenvalue weighted by atomic mass is 32.2. The topological polar surface area (TPSA) is 101 Å². The standard InChI is InChI=1S/C25H22N4O3S/c1-18-16-17-26-25(27-18)29-33(31,32)22-14-12-21(13-15-22)28-24(30)23(19-8-4-2-5-9-19)20-10-6-3-7-11-20/h2-17,23H,1H3,(H,28,30)(H,26,27,29). The van der Waals surface area contributed by atoms with E-state index in [0.717, 1.165) is 11.1 Å².